The Morgan fingerprint density at radius 2 is 1.89 bits per heavy atom. The van der Waals surface area contributed by atoms with E-state index in [0.29, 0.717) is 29.0 Å². The van der Waals surface area contributed by atoms with Gasteiger partial charge in [-0.1, -0.05) is 53.3 Å². The van der Waals surface area contributed by atoms with Crippen LogP contribution in [0.25, 0.3) is 16.0 Å². The number of nitro groups is 1. The molecule has 1 aromatic heterocycles. The topological polar surface area (TPSA) is 123 Å². The number of aliphatic hydroxyl groups is 1. The van der Waals surface area contributed by atoms with Gasteiger partial charge in [-0.15, -0.1) is 0 Å². The van der Waals surface area contributed by atoms with E-state index < -0.39 is 22.7 Å². The SMILES string of the molecule is CCOc1ccc2nc(N3C(=O)C(=O)C(=C(O)c4ccc(C)cc4)C3c3cccc([N+](=O)[O-])c3)sc2c1. The zero-order chi connectivity index (χ0) is 26.3. The van der Waals surface area contributed by atoms with Crippen molar-refractivity contribution in [3.8, 4) is 5.75 Å². The summed E-state index contributed by atoms with van der Waals surface area (Å²) >= 11 is 1.18. The second-order valence-electron chi connectivity index (χ2n) is 8.45. The molecule has 1 saturated heterocycles. The molecule has 1 unspecified atom stereocenters. The molecule has 0 spiro atoms. The van der Waals surface area contributed by atoms with E-state index in [4.69, 9.17) is 4.74 Å². The Balaban J connectivity index is 1.71. The van der Waals surface area contributed by atoms with E-state index in [1.807, 2.05) is 13.8 Å². The van der Waals surface area contributed by atoms with Crippen LogP contribution in [0.3, 0.4) is 0 Å². The molecule has 1 aliphatic heterocycles. The van der Waals surface area contributed by atoms with Crippen molar-refractivity contribution in [3.05, 3.63) is 99.1 Å². The number of ether oxygens (including phenoxy) is 1. The number of nitro benzene ring substituents is 1. The molecule has 0 aliphatic carbocycles. The van der Waals surface area contributed by atoms with Gasteiger partial charge in [0, 0.05) is 17.7 Å². The minimum Gasteiger partial charge on any atom is -0.507 e. The summed E-state index contributed by atoms with van der Waals surface area (Å²) < 4.78 is 6.29. The number of carbonyl (C=O) groups excluding carboxylic acids is 2. The lowest BCUT2D eigenvalue weighted by Gasteiger charge is -2.22. The number of amides is 1. The highest BCUT2D eigenvalue weighted by molar-refractivity contribution is 7.22. The molecule has 1 fully saturated rings. The van der Waals surface area contributed by atoms with Crippen molar-refractivity contribution < 1.29 is 24.4 Å². The van der Waals surface area contributed by atoms with E-state index in [1.165, 1.54) is 34.4 Å². The van der Waals surface area contributed by atoms with Crippen molar-refractivity contribution in [1.82, 2.24) is 4.98 Å². The molecule has 3 aromatic carbocycles. The van der Waals surface area contributed by atoms with Crippen LogP contribution in [0.5, 0.6) is 5.75 Å². The number of aromatic nitrogens is 1. The summed E-state index contributed by atoms with van der Waals surface area (Å²) in [7, 11) is 0. The number of anilines is 1. The van der Waals surface area contributed by atoms with E-state index in [2.05, 4.69) is 4.98 Å². The smallest absolute Gasteiger partial charge is 0.301 e. The molecule has 0 radical (unpaired) electrons. The Hall–Kier alpha value is -4.57. The molecule has 1 amide bonds. The molecule has 1 aliphatic rings. The first-order valence-corrected chi connectivity index (χ1v) is 12.3. The summed E-state index contributed by atoms with van der Waals surface area (Å²) in [6, 6.07) is 16.7. The van der Waals surface area contributed by atoms with E-state index in [9.17, 15) is 24.8 Å². The average Bonchev–Trinajstić information content (AvgIpc) is 3.42. The fourth-order valence-corrected chi connectivity index (χ4v) is 5.29. The third kappa shape index (κ3) is 4.31. The number of Topliss-reactive ketones (excluding diaryl/α,β-unsaturated/α-hetero) is 1. The fourth-order valence-electron chi connectivity index (χ4n) is 4.27. The first-order chi connectivity index (χ1) is 17.8. The number of non-ortho nitro benzene ring substituents is 1. The van der Waals surface area contributed by atoms with Gasteiger partial charge in [-0.05, 0) is 37.6 Å². The predicted molar refractivity (Wildman–Crippen MR) is 140 cm³/mol. The number of benzene rings is 3. The first-order valence-electron chi connectivity index (χ1n) is 11.4. The van der Waals surface area contributed by atoms with Crippen LogP contribution in [0, 0.1) is 17.0 Å². The molecule has 0 saturated carbocycles. The van der Waals surface area contributed by atoms with Gasteiger partial charge in [0.05, 0.1) is 33.4 Å². The lowest BCUT2D eigenvalue weighted by molar-refractivity contribution is -0.384. The maximum atomic E-state index is 13.4. The van der Waals surface area contributed by atoms with Gasteiger partial charge < -0.3 is 9.84 Å². The van der Waals surface area contributed by atoms with Crippen LogP contribution in [0.1, 0.15) is 29.7 Å². The summed E-state index contributed by atoms with van der Waals surface area (Å²) in [5.74, 6) is -1.50. The van der Waals surface area contributed by atoms with E-state index in [-0.39, 0.29) is 22.2 Å². The standard InChI is InChI=1S/C27H21N3O6S/c1-3-36-19-11-12-20-21(14-19)37-27(28-20)29-23(17-5-4-6-18(13-17)30(34)35)22(25(32)26(29)33)24(31)16-9-7-15(2)8-10-16/h4-14,23,31H,3H2,1-2H3. The summed E-state index contributed by atoms with van der Waals surface area (Å²) in [5, 5.41) is 22.9. The third-order valence-electron chi connectivity index (χ3n) is 6.03. The zero-order valence-corrected chi connectivity index (χ0v) is 20.7. The quantitative estimate of drug-likeness (QED) is 0.118. The Kier molecular flexibility index (Phi) is 6.18. The highest BCUT2D eigenvalue weighted by Crippen LogP contribution is 2.45. The number of hydrogen-bond donors (Lipinski definition) is 1. The van der Waals surface area contributed by atoms with Gasteiger partial charge in [-0.25, -0.2) is 4.98 Å². The number of fused-ring (bicyclic) bond motifs is 1. The molecule has 2 heterocycles. The summed E-state index contributed by atoms with van der Waals surface area (Å²) in [4.78, 5) is 43.4. The highest BCUT2D eigenvalue weighted by Gasteiger charge is 2.48. The van der Waals surface area contributed by atoms with Crippen LogP contribution in [0.4, 0.5) is 10.8 Å². The lowest BCUT2D eigenvalue weighted by atomic mass is 9.95. The van der Waals surface area contributed by atoms with Crippen molar-refractivity contribution in [1.29, 1.82) is 0 Å². The number of hydrogen-bond acceptors (Lipinski definition) is 8. The average molecular weight is 516 g/mol. The number of ketones is 1. The molecular formula is C27H21N3O6S. The minimum atomic E-state index is -1.12. The maximum absolute atomic E-state index is 13.4. The number of aryl methyl sites for hydroxylation is 1. The molecule has 4 aromatic rings. The van der Waals surface area contributed by atoms with Gasteiger partial charge in [-0.2, -0.15) is 0 Å². The molecule has 10 heteroatoms. The van der Waals surface area contributed by atoms with E-state index >= 15 is 0 Å². The third-order valence-corrected chi connectivity index (χ3v) is 7.05. The monoisotopic (exact) mass is 515 g/mol. The predicted octanol–water partition coefficient (Wildman–Crippen LogP) is 5.54. The van der Waals surface area contributed by atoms with Gasteiger partial charge in [0.25, 0.3) is 11.5 Å². The van der Waals surface area contributed by atoms with Crippen LogP contribution in [0.15, 0.2) is 72.3 Å². The normalized spacial score (nSPS) is 16.9. The minimum absolute atomic E-state index is 0.163. The van der Waals surface area contributed by atoms with Crippen LogP contribution in [-0.4, -0.2) is 33.3 Å². The largest absolute Gasteiger partial charge is 0.507 e. The molecule has 1 N–H and O–H groups in total. The van der Waals surface area contributed by atoms with E-state index in [1.54, 1.807) is 48.5 Å². The lowest BCUT2D eigenvalue weighted by Crippen LogP contribution is -2.29. The summed E-state index contributed by atoms with van der Waals surface area (Å²) in [6.07, 6.45) is 0. The van der Waals surface area contributed by atoms with Crippen LogP contribution >= 0.6 is 11.3 Å². The van der Waals surface area contributed by atoms with Crippen LogP contribution in [0.2, 0.25) is 0 Å². The molecule has 9 nitrogen and oxygen atoms in total. The number of carbonyl (C=O) groups is 2. The molecule has 186 valence electrons. The van der Waals surface area contributed by atoms with Crippen molar-refractivity contribution >= 4 is 49.8 Å². The Bertz CT molecular complexity index is 1590. The van der Waals surface area contributed by atoms with Crippen molar-refractivity contribution in [2.75, 3.05) is 11.5 Å². The van der Waals surface area contributed by atoms with Crippen molar-refractivity contribution in [2.24, 2.45) is 0 Å². The molecule has 5 rings (SSSR count). The number of nitrogens with zero attached hydrogens (tertiary/aromatic N) is 3. The van der Waals surface area contributed by atoms with Crippen molar-refractivity contribution in [2.45, 2.75) is 19.9 Å². The van der Waals surface area contributed by atoms with Gasteiger partial charge in [0.2, 0.25) is 0 Å². The number of rotatable bonds is 6. The van der Waals surface area contributed by atoms with Crippen LogP contribution in [-0.2, 0) is 9.59 Å². The van der Waals surface area contributed by atoms with E-state index in [0.717, 1.165) is 10.3 Å². The Morgan fingerprint density at radius 3 is 2.59 bits per heavy atom. The molecule has 1 atom stereocenters. The second kappa shape index (κ2) is 9.47. The summed E-state index contributed by atoms with van der Waals surface area (Å²) in [5.41, 5.74) is 1.84. The summed E-state index contributed by atoms with van der Waals surface area (Å²) in [6.45, 7) is 4.24. The number of aliphatic hydroxyl groups excluding tert-OH is 1. The molecule has 0 bridgehead atoms. The molecular weight excluding hydrogens is 494 g/mol. The maximum Gasteiger partial charge on any atom is 0.301 e. The highest BCUT2D eigenvalue weighted by atomic mass is 32.1. The molecule has 37 heavy (non-hydrogen) atoms. The van der Waals surface area contributed by atoms with Gasteiger partial charge in [0.15, 0.2) is 5.13 Å². The van der Waals surface area contributed by atoms with Gasteiger partial charge in [-0.3, -0.25) is 24.6 Å². The van der Waals surface area contributed by atoms with Gasteiger partial charge in [0.1, 0.15) is 11.5 Å². The van der Waals surface area contributed by atoms with Gasteiger partial charge >= 0.3 is 5.91 Å². The number of thiazole rings is 1. The fraction of sp³-hybridized carbons (Fsp3) is 0.148. The van der Waals surface area contributed by atoms with Crippen LogP contribution < -0.4 is 9.64 Å². The van der Waals surface area contributed by atoms with Crippen molar-refractivity contribution in [3.63, 3.8) is 0 Å². The Morgan fingerprint density at radius 1 is 1.14 bits per heavy atom. The first kappa shape index (κ1) is 24.1. The zero-order valence-electron chi connectivity index (χ0n) is 19.9. The Labute approximate surface area is 215 Å². The second-order valence-corrected chi connectivity index (χ2v) is 9.46.